The van der Waals surface area contributed by atoms with E-state index in [4.69, 9.17) is 0 Å². The van der Waals surface area contributed by atoms with Crippen molar-refractivity contribution in [2.45, 2.75) is 44.5 Å². The third kappa shape index (κ3) is 5.88. The van der Waals surface area contributed by atoms with E-state index in [0.29, 0.717) is 19.6 Å². The molecule has 6 nitrogen and oxygen atoms in total. The summed E-state index contributed by atoms with van der Waals surface area (Å²) in [6.07, 6.45) is 1.73. The maximum absolute atomic E-state index is 11.6. The minimum atomic E-state index is -2.90. The van der Waals surface area contributed by atoms with Gasteiger partial charge in [-0.05, 0) is 33.6 Å². The van der Waals surface area contributed by atoms with Crippen molar-refractivity contribution in [2.24, 2.45) is 0 Å². The molecule has 2 rings (SSSR count). The quantitative estimate of drug-likeness (QED) is 0.759. The molecule has 2 fully saturated rings. The van der Waals surface area contributed by atoms with E-state index >= 15 is 0 Å². The highest BCUT2D eigenvalue weighted by molar-refractivity contribution is 7.90. The fourth-order valence-electron chi connectivity index (χ4n) is 1.62. The minimum Gasteiger partial charge on any atom is -0.462 e. The van der Waals surface area contributed by atoms with Gasteiger partial charge in [-0.1, -0.05) is 0 Å². The van der Waals surface area contributed by atoms with E-state index in [0.717, 1.165) is 25.9 Å². The fraction of sp³-hybridized carbons (Fsp3) is 0.917. The number of carbonyl (C=O) groups is 1. The van der Waals surface area contributed by atoms with Crippen molar-refractivity contribution in [1.29, 1.82) is 0 Å². The average molecular weight is 292 g/mol. The van der Waals surface area contributed by atoms with Crippen molar-refractivity contribution in [3.8, 4) is 0 Å². The van der Waals surface area contributed by atoms with E-state index < -0.39 is 10.0 Å². The van der Waals surface area contributed by atoms with Crippen molar-refractivity contribution in [1.82, 2.24) is 9.62 Å². The summed E-state index contributed by atoms with van der Waals surface area (Å²) in [7, 11) is -2.90. The van der Waals surface area contributed by atoms with Crippen LogP contribution in [0, 0.1) is 0 Å². The lowest BCUT2D eigenvalue weighted by atomic mass is 10.2. The molecule has 0 radical (unpaired) electrons. The van der Waals surface area contributed by atoms with Crippen molar-refractivity contribution in [3.63, 3.8) is 0 Å². The highest BCUT2D eigenvalue weighted by Crippen LogP contribution is 2.30. The van der Waals surface area contributed by atoms with Crippen molar-refractivity contribution in [3.05, 3.63) is 0 Å². The summed E-state index contributed by atoms with van der Waals surface area (Å²) < 4.78 is 29.5. The van der Waals surface area contributed by atoms with Crippen LogP contribution in [0.5, 0.6) is 0 Å². The molecule has 0 amide bonds. The number of sulfonamides is 1. The van der Waals surface area contributed by atoms with Gasteiger partial charge in [-0.15, -0.1) is 0 Å². The summed E-state index contributed by atoms with van der Waals surface area (Å²) in [5, 5.41) is 3.09. The van der Waals surface area contributed by atoms with E-state index in [1.807, 2.05) is 20.8 Å². The highest BCUT2D eigenvalue weighted by atomic mass is 32.2. The predicted molar refractivity (Wildman–Crippen MR) is 73.3 cm³/mol. The summed E-state index contributed by atoms with van der Waals surface area (Å²) in [5.41, 5.74) is -0.318. The first-order chi connectivity index (χ1) is 8.77. The zero-order valence-corrected chi connectivity index (χ0v) is 12.7. The molecule has 1 aliphatic heterocycles. The molecule has 19 heavy (non-hydrogen) atoms. The normalized spacial score (nSPS) is 21.2. The van der Waals surface area contributed by atoms with Crippen LogP contribution in [-0.4, -0.2) is 56.2 Å². The first-order valence-corrected chi connectivity index (χ1v) is 8.09. The molecule has 0 aromatic carbocycles. The van der Waals surface area contributed by atoms with Crippen LogP contribution >= 0.6 is 0 Å². The maximum atomic E-state index is 11.6. The molecule has 1 N–H and O–H groups in total. The molecule has 0 atom stereocenters. The number of hydrogen-bond acceptors (Lipinski definition) is 5. The van der Waals surface area contributed by atoms with Crippen molar-refractivity contribution >= 4 is 16.5 Å². The molecule has 0 spiro atoms. The second-order valence-electron chi connectivity index (χ2n) is 5.72. The molecule has 7 heteroatoms. The Labute approximate surface area is 115 Å². The van der Waals surface area contributed by atoms with E-state index in [1.54, 1.807) is 4.31 Å². The Bertz CT molecular complexity index is 379. The number of ether oxygens (including phenoxy) is 1. The van der Waals surface area contributed by atoms with Gasteiger partial charge in [0.15, 0.2) is 0 Å². The van der Waals surface area contributed by atoms with Crippen LogP contribution in [0.3, 0.4) is 0 Å². The van der Waals surface area contributed by atoms with Gasteiger partial charge in [0.1, 0.15) is 5.60 Å². The maximum Gasteiger partial charge on any atom is 0.293 e. The number of nitrogens with one attached hydrogen (secondary N) is 1. The highest BCUT2D eigenvalue weighted by Gasteiger charge is 2.40. The molecule has 1 aliphatic carbocycles. The van der Waals surface area contributed by atoms with Crippen LogP contribution in [0.1, 0.15) is 33.6 Å². The third-order valence-electron chi connectivity index (χ3n) is 2.78. The largest absolute Gasteiger partial charge is 0.462 e. The van der Waals surface area contributed by atoms with Gasteiger partial charge in [0.05, 0.1) is 5.25 Å². The number of rotatable bonds is 3. The number of piperazine rings is 1. The zero-order valence-electron chi connectivity index (χ0n) is 11.9. The number of hydrogen-bond donors (Lipinski definition) is 1. The Morgan fingerprint density at radius 3 is 2.05 bits per heavy atom. The molecule has 1 heterocycles. The van der Waals surface area contributed by atoms with Crippen molar-refractivity contribution in [2.75, 3.05) is 26.2 Å². The van der Waals surface area contributed by atoms with Crippen LogP contribution in [0.2, 0.25) is 0 Å². The van der Waals surface area contributed by atoms with Crippen LogP contribution in [-0.2, 0) is 19.6 Å². The lowest BCUT2D eigenvalue weighted by Crippen LogP contribution is -2.47. The Hall–Kier alpha value is -0.660. The lowest BCUT2D eigenvalue weighted by molar-refractivity contribution is -0.138. The molecule has 0 aromatic heterocycles. The summed E-state index contributed by atoms with van der Waals surface area (Å²) in [4.78, 5) is 9.60. The Balaban J connectivity index is 0.000000224. The van der Waals surface area contributed by atoms with E-state index in [-0.39, 0.29) is 10.9 Å². The molecule has 112 valence electrons. The van der Waals surface area contributed by atoms with Gasteiger partial charge in [0, 0.05) is 26.2 Å². The average Bonchev–Trinajstić information content (AvgIpc) is 3.13. The SMILES string of the molecule is CC(C)(C)OC=O.O=S(=O)(C1CC1)N1CCNCC1. The Kier molecular flexibility index (Phi) is 5.76. The van der Waals surface area contributed by atoms with Crippen LogP contribution in [0.25, 0.3) is 0 Å². The molecular formula is C12H24N2O4S. The van der Waals surface area contributed by atoms with Gasteiger partial charge < -0.3 is 10.1 Å². The lowest BCUT2D eigenvalue weighted by Gasteiger charge is -2.26. The smallest absolute Gasteiger partial charge is 0.293 e. The van der Waals surface area contributed by atoms with E-state index in [9.17, 15) is 13.2 Å². The number of carbonyl (C=O) groups excluding carboxylic acids is 1. The molecule has 1 saturated carbocycles. The predicted octanol–water partition coefficient (Wildman–Crippen LogP) is 0.342. The van der Waals surface area contributed by atoms with Gasteiger partial charge in [-0.2, -0.15) is 4.31 Å². The molecule has 0 aromatic rings. The summed E-state index contributed by atoms with van der Waals surface area (Å²) >= 11 is 0. The Morgan fingerprint density at radius 1 is 1.21 bits per heavy atom. The Morgan fingerprint density at radius 2 is 1.74 bits per heavy atom. The van der Waals surface area contributed by atoms with Gasteiger partial charge in [0.25, 0.3) is 6.47 Å². The third-order valence-corrected chi connectivity index (χ3v) is 5.18. The summed E-state index contributed by atoms with van der Waals surface area (Å²) in [5.74, 6) is 0. The van der Waals surface area contributed by atoms with E-state index in [2.05, 4.69) is 10.1 Å². The van der Waals surface area contributed by atoms with E-state index in [1.165, 1.54) is 0 Å². The standard InChI is InChI=1S/C7H14N2O2S.C5H10O2/c10-12(11,7-1-2-7)9-5-3-8-4-6-9;1-5(2,3)7-4-6/h7-8H,1-6H2;4H,1-3H3. The van der Waals surface area contributed by atoms with Gasteiger partial charge in [-0.25, -0.2) is 8.42 Å². The topological polar surface area (TPSA) is 75.7 Å². The molecule has 1 saturated heterocycles. The van der Waals surface area contributed by atoms with Gasteiger partial charge in [-0.3, -0.25) is 4.79 Å². The minimum absolute atomic E-state index is 0.0457. The first-order valence-electron chi connectivity index (χ1n) is 6.58. The molecular weight excluding hydrogens is 268 g/mol. The monoisotopic (exact) mass is 292 g/mol. The molecule has 0 unspecified atom stereocenters. The second-order valence-corrected chi connectivity index (χ2v) is 7.93. The summed E-state index contributed by atoms with van der Waals surface area (Å²) in [6.45, 7) is 8.82. The first kappa shape index (κ1) is 16.4. The van der Waals surface area contributed by atoms with Gasteiger partial charge >= 0.3 is 0 Å². The fourth-order valence-corrected chi connectivity index (χ4v) is 3.46. The second kappa shape index (κ2) is 6.67. The number of nitrogens with zero attached hydrogens (tertiary/aromatic N) is 1. The van der Waals surface area contributed by atoms with Crippen molar-refractivity contribution < 1.29 is 17.9 Å². The van der Waals surface area contributed by atoms with Crippen LogP contribution in [0.4, 0.5) is 0 Å². The van der Waals surface area contributed by atoms with Crippen LogP contribution < -0.4 is 5.32 Å². The van der Waals surface area contributed by atoms with Crippen LogP contribution in [0.15, 0.2) is 0 Å². The zero-order chi connectivity index (χ0) is 14.5. The molecule has 2 aliphatic rings. The van der Waals surface area contributed by atoms with Gasteiger partial charge in [0.2, 0.25) is 10.0 Å². The summed E-state index contributed by atoms with van der Waals surface area (Å²) in [6, 6.07) is 0. The molecule has 0 bridgehead atoms.